The smallest absolute Gasteiger partial charge is 0.263 e. The van der Waals surface area contributed by atoms with Gasteiger partial charge in [0.25, 0.3) is 5.91 Å². The van der Waals surface area contributed by atoms with Crippen molar-refractivity contribution in [1.82, 2.24) is 4.98 Å². The molecule has 3 aromatic rings. The predicted octanol–water partition coefficient (Wildman–Crippen LogP) is 5.52. The number of halogens is 3. The van der Waals surface area contributed by atoms with E-state index in [-0.39, 0.29) is 22.2 Å². The Kier molecular flexibility index (Phi) is 7.60. The van der Waals surface area contributed by atoms with Gasteiger partial charge in [0.05, 0.1) is 10.6 Å². The molecule has 180 valence electrons. The van der Waals surface area contributed by atoms with Crippen LogP contribution in [0.15, 0.2) is 48.7 Å². The zero-order valence-corrected chi connectivity index (χ0v) is 21.0. The average molecular weight is 515 g/mol. The van der Waals surface area contributed by atoms with E-state index in [1.165, 1.54) is 31.4 Å². The number of carbonyl (C=O) groups excluding carboxylic acids is 2. The number of carbonyl (C=O) groups is 2. The number of aliphatic hydroxyl groups is 1. The number of pyridine rings is 1. The van der Waals surface area contributed by atoms with Crippen LogP contribution in [0, 0.1) is 11.2 Å². The molecule has 2 aromatic carbocycles. The van der Waals surface area contributed by atoms with Crippen LogP contribution in [0.25, 0.3) is 11.1 Å². The van der Waals surface area contributed by atoms with Gasteiger partial charge in [-0.05, 0) is 30.3 Å². The number of ether oxygens (including phenoxy) is 1. The molecule has 2 radical (unpaired) electrons. The van der Waals surface area contributed by atoms with Gasteiger partial charge in [0, 0.05) is 40.4 Å². The zero-order valence-electron chi connectivity index (χ0n) is 19.5. The largest absolute Gasteiger partial charge is 0.468 e. The maximum absolute atomic E-state index is 14.4. The molecule has 0 fully saturated rings. The summed E-state index contributed by atoms with van der Waals surface area (Å²) in [5, 5.41) is 11.1. The Balaban J connectivity index is 2.17. The summed E-state index contributed by atoms with van der Waals surface area (Å²) in [4.78, 5) is 29.8. The van der Waals surface area contributed by atoms with Crippen LogP contribution in [0.2, 0.25) is 10.0 Å². The zero-order chi connectivity index (χ0) is 26.1. The first kappa shape index (κ1) is 26.7. The summed E-state index contributed by atoms with van der Waals surface area (Å²) in [5.74, 6) is -1.75. The van der Waals surface area contributed by atoms with Crippen molar-refractivity contribution in [2.75, 3.05) is 11.9 Å². The highest BCUT2D eigenvalue weighted by atomic mass is 35.5. The quantitative estimate of drug-likeness (QED) is 0.266. The fourth-order valence-corrected chi connectivity index (χ4v) is 3.51. The average Bonchev–Trinajstić information content (AvgIpc) is 2.77. The number of anilines is 1. The van der Waals surface area contributed by atoms with E-state index in [4.69, 9.17) is 35.8 Å². The third-order valence-electron chi connectivity index (χ3n) is 5.41. The lowest BCUT2D eigenvalue weighted by Crippen LogP contribution is -2.49. The Morgan fingerprint density at radius 2 is 1.86 bits per heavy atom. The fourth-order valence-electron chi connectivity index (χ4n) is 3.04. The number of aldehydes is 1. The monoisotopic (exact) mass is 514 g/mol. The molecular weight excluding hydrogens is 493 g/mol. The maximum Gasteiger partial charge on any atom is 0.263 e. The number of nitrogens with zero attached hydrogens (tertiary/aromatic N) is 2. The van der Waals surface area contributed by atoms with Crippen molar-refractivity contribution < 1.29 is 23.8 Å². The molecule has 1 N–H and O–H groups in total. The van der Waals surface area contributed by atoms with Crippen molar-refractivity contribution >= 4 is 49.1 Å². The molecule has 3 rings (SSSR count). The Bertz CT molecular complexity index is 1270. The van der Waals surface area contributed by atoms with Crippen molar-refractivity contribution in [3.05, 3.63) is 75.7 Å². The normalized spacial score (nSPS) is 13.1. The van der Waals surface area contributed by atoms with E-state index < -0.39 is 22.8 Å². The topological polar surface area (TPSA) is 79.7 Å². The number of aromatic nitrogens is 1. The van der Waals surface area contributed by atoms with E-state index in [9.17, 15) is 19.1 Å². The molecule has 1 heterocycles. The van der Waals surface area contributed by atoms with Gasteiger partial charge in [-0.15, -0.1) is 0 Å². The fraction of sp³-hybridized carbons (Fsp3) is 0.240. The SMILES string of the molecule is [B]C(O)(Oc1cc(-c2cc(C=O)ccc2Cl)cnc1N(C)C(=O)c1c(F)cccc1Cl)C(C)(C)C. The Labute approximate surface area is 214 Å². The molecule has 10 heteroatoms. The van der Waals surface area contributed by atoms with Crippen molar-refractivity contribution in [1.29, 1.82) is 0 Å². The first-order valence-corrected chi connectivity index (χ1v) is 11.2. The summed E-state index contributed by atoms with van der Waals surface area (Å²) in [6.07, 6.45) is 2.07. The van der Waals surface area contributed by atoms with Crippen LogP contribution in [0.5, 0.6) is 5.75 Å². The minimum absolute atomic E-state index is 0.0612. The van der Waals surface area contributed by atoms with Crippen molar-refractivity contribution in [3.63, 3.8) is 0 Å². The lowest BCUT2D eigenvalue weighted by molar-refractivity contribution is -0.136. The van der Waals surface area contributed by atoms with Gasteiger partial charge in [-0.3, -0.25) is 14.5 Å². The molecular formula is C25H22BCl2FN2O4. The van der Waals surface area contributed by atoms with Gasteiger partial charge in [0.2, 0.25) is 0 Å². The van der Waals surface area contributed by atoms with E-state index in [2.05, 4.69) is 4.98 Å². The number of rotatable bonds is 6. The number of hydrogen-bond donors (Lipinski definition) is 1. The van der Waals surface area contributed by atoms with Gasteiger partial charge >= 0.3 is 0 Å². The van der Waals surface area contributed by atoms with E-state index in [0.29, 0.717) is 28.0 Å². The number of amides is 1. The highest BCUT2D eigenvalue weighted by Gasteiger charge is 2.38. The van der Waals surface area contributed by atoms with E-state index in [0.717, 1.165) is 11.0 Å². The second-order valence-corrected chi connectivity index (χ2v) is 9.73. The van der Waals surface area contributed by atoms with Gasteiger partial charge in [0.1, 0.15) is 12.1 Å². The third kappa shape index (κ3) is 5.50. The van der Waals surface area contributed by atoms with Crippen LogP contribution in [0.1, 0.15) is 41.5 Å². The van der Waals surface area contributed by atoms with Crippen LogP contribution in [0.3, 0.4) is 0 Å². The van der Waals surface area contributed by atoms with Crippen LogP contribution in [-0.4, -0.2) is 42.9 Å². The second-order valence-electron chi connectivity index (χ2n) is 8.91. The van der Waals surface area contributed by atoms with Crippen molar-refractivity contribution in [3.8, 4) is 16.9 Å². The molecule has 0 aliphatic heterocycles. The van der Waals surface area contributed by atoms with Crippen LogP contribution in [0.4, 0.5) is 10.2 Å². The molecule has 0 saturated carbocycles. The van der Waals surface area contributed by atoms with Gasteiger partial charge in [-0.2, -0.15) is 0 Å². The molecule has 0 saturated heterocycles. The summed E-state index contributed by atoms with van der Waals surface area (Å²) >= 11 is 12.4. The molecule has 1 atom stereocenters. The molecule has 0 aliphatic carbocycles. The summed E-state index contributed by atoms with van der Waals surface area (Å²) < 4.78 is 20.2. The molecule has 1 unspecified atom stereocenters. The lowest BCUT2D eigenvalue weighted by atomic mass is 9.73. The number of benzene rings is 2. The highest BCUT2D eigenvalue weighted by Crippen LogP contribution is 2.39. The number of hydrogen-bond acceptors (Lipinski definition) is 5. The van der Waals surface area contributed by atoms with Crippen molar-refractivity contribution in [2.24, 2.45) is 5.41 Å². The summed E-state index contributed by atoms with van der Waals surface area (Å²) in [6.45, 7) is 4.97. The van der Waals surface area contributed by atoms with Gasteiger partial charge in [0.15, 0.2) is 25.1 Å². The molecule has 0 spiro atoms. The third-order valence-corrected chi connectivity index (χ3v) is 6.05. The van der Waals surface area contributed by atoms with Crippen LogP contribution in [-0.2, 0) is 0 Å². The summed E-state index contributed by atoms with van der Waals surface area (Å²) in [5.41, 5.74) is -2.23. The molecule has 35 heavy (non-hydrogen) atoms. The molecule has 1 aromatic heterocycles. The minimum atomic E-state index is -2.18. The summed E-state index contributed by atoms with van der Waals surface area (Å²) in [7, 11) is 7.40. The Morgan fingerprint density at radius 3 is 2.46 bits per heavy atom. The molecule has 0 bridgehead atoms. The molecule has 1 amide bonds. The molecule has 0 aliphatic rings. The second kappa shape index (κ2) is 9.97. The van der Waals surface area contributed by atoms with E-state index in [1.54, 1.807) is 39.0 Å². The van der Waals surface area contributed by atoms with Gasteiger partial charge < -0.3 is 9.84 Å². The predicted molar refractivity (Wildman–Crippen MR) is 135 cm³/mol. The lowest BCUT2D eigenvalue weighted by Gasteiger charge is -2.38. The minimum Gasteiger partial charge on any atom is -0.468 e. The Morgan fingerprint density at radius 1 is 1.17 bits per heavy atom. The maximum atomic E-state index is 14.4. The first-order valence-electron chi connectivity index (χ1n) is 10.4. The molecule has 6 nitrogen and oxygen atoms in total. The Hall–Kier alpha value is -2.94. The van der Waals surface area contributed by atoms with E-state index in [1.807, 2.05) is 0 Å². The van der Waals surface area contributed by atoms with Gasteiger partial charge in [-0.1, -0.05) is 56.1 Å². The van der Waals surface area contributed by atoms with Crippen LogP contribution < -0.4 is 9.64 Å². The first-order chi connectivity index (χ1) is 16.3. The standard InChI is InChI=1S/C25H22BCl2FN2O4/c1-24(2,3)25(26,34)35-20-11-15(16-10-14(13-32)8-9-17(16)27)12-30-22(20)31(4)23(33)21-18(28)6-5-7-19(21)29/h5-13,34H,1-4H3. The highest BCUT2D eigenvalue weighted by molar-refractivity contribution is 6.34. The van der Waals surface area contributed by atoms with Gasteiger partial charge in [-0.25, -0.2) is 9.37 Å². The van der Waals surface area contributed by atoms with E-state index >= 15 is 0 Å². The summed E-state index contributed by atoms with van der Waals surface area (Å²) in [6, 6.07) is 10.0. The van der Waals surface area contributed by atoms with Crippen LogP contribution >= 0.6 is 23.2 Å². The van der Waals surface area contributed by atoms with Crippen molar-refractivity contribution in [2.45, 2.75) is 26.5 Å².